The Balaban J connectivity index is 0.861. The van der Waals surface area contributed by atoms with Crippen molar-refractivity contribution in [3.8, 4) is 5.75 Å². The van der Waals surface area contributed by atoms with Crippen LogP contribution in [-0.4, -0.2) is 117 Å². The number of methoxy groups -OCH3 is 1. The van der Waals surface area contributed by atoms with Crippen LogP contribution in [0.3, 0.4) is 0 Å². The lowest BCUT2D eigenvalue weighted by atomic mass is 9.98. The lowest BCUT2D eigenvalue weighted by Crippen LogP contribution is -2.43. The molecule has 1 fully saturated rings. The molecule has 2 N–H and O–H groups in total. The minimum Gasteiger partial charge on any atom is -0.496 e. The molecule has 3 aliphatic rings. The van der Waals surface area contributed by atoms with E-state index < -0.39 is 17.0 Å². The summed E-state index contributed by atoms with van der Waals surface area (Å²) in [6.07, 6.45) is 15.1. The zero-order valence-electron chi connectivity index (χ0n) is 41.4. The van der Waals surface area contributed by atoms with Crippen LogP contribution in [0.25, 0.3) is 5.57 Å². The molecule has 0 saturated carbocycles. The van der Waals surface area contributed by atoms with Gasteiger partial charge in [0.2, 0.25) is 5.91 Å². The summed E-state index contributed by atoms with van der Waals surface area (Å²) >= 11 is 7.98. The van der Waals surface area contributed by atoms with E-state index in [-0.39, 0.29) is 24.6 Å². The van der Waals surface area contributed by atoms with E-state index >= 15 is 0 Å². The number of carbonyl (C=O) groups excluding carboxylic acids is 1. The number of hydrogen-bond donors (Lipinski definition) is 2. The Hall–Kier alpha value is -4.74. The Morgan fingerprint density at radius 3 is 2.49 bits per heavy atom. The molecule has 0 aliphatic carbocycles. The number of allylic oxidation sites excluding steroid dienone is 7. The number of unbranched alkanes of at least 4 members (excludes halogenated alkanes) is 2. The van der Waals surface area contributed by atoms with Crippen molar-refractivity contribution in [1.29, 1.82) is 0 Å². The van der Waals surface area contributed by atoms with E-state index in [9.17, 15) is 9.00 Å². The fourth-order valence-corrected chi connectivity index (χ4v) is 11.4. The summed E-state index contributed by atoms with van der Waals surface area (Å²) in [6.45, 7) is 18.8. The fourth-order valence-electron chi connectivity index (χ4n) is 8.61. The van der Waals surface area contributed by atoms with Gasteiger partial charge in [0.05, 0.1) is 50.1 Å². The van der Waals surface area contributed by atoms with Crippen LogP contribution in [0, 0.1) is 13.8 Å². The van der Waals surface area contributed by atoms with Crippen molar-refractivity contribution >= 4 is 68.2 Å². The number of fused-ring (bicyclic) bond motifs is 3. The van der Waals surface area contributed by atoms with Crippen molar-refractivity contribution in [2.45, 2.75) is 103 Å². The highest BCUT2D eigenvalue weighted by Gasteiger charge is 2.39. The van der Waals surface area contributed by atoms with Crippen molar-refractivity contribution < 1.29 is 28.0 Å². The molecule has 1 amide bonds. The highest BCUT2D eigenvalue weighted by atomic mass is 35.5. The first-order chi connectivity index (χ1) is 33.5. The van der Waals surface area contributed by atoms with Gasteiger partial charge in [-0.15, -0.1) is 17.9 Å². The fraction of sp³-hybridized carbons (Fsp3) is 0.472. The summed E-state index contributed by atoms with van der Waals surface area (Å²) in [4.78, 5) is 26.9. The monoisotopic (exact) mass is 999 g/mol. The molecular formula is C53H70ClN7O6S2. The number of ether oxygens (including phenoxy) is 4. The SMILES string of the molecule is C=CC\C(C=NC)=C(C)/C=C(\C=C/C)c1c(OC)cccc1S(=O)N1CCC(OCCOCCCCCOCCNC(=O)C[C@@H]2N=C(c3ccc(Cl)cc3)c3c(sc(C)c3C)N3C2=NNC3C)CC1. The number of rotatable bonds is 25. The molecule has 0 radical (unpaired) electrons. The highest BCUT2D eigenvalue weighted by molar-refractivity contribution is 7.82. The highest BCUT2D eigenvalue weighted by Crippen LogP contribution is 2.42. The molecule has 372 valence electrons. The van der Waals surface area contributed by atoms with Gasteiger partial charge in [0, 0.05) is 72.7 Å². The third-order valence-corrected chi connectivity index (χ3v) is 15.3. The number of anilines is 1. The summed E-state index contributed by atoms with van der Waals surface area (Å²) in [6, 6.07) is 13.0. The topological polar surface area (TPSA) is 139 Å². The second kappa shape index (κ2) is 27.0. The van der Waals surface area contributed by atoms with Crippen LogP contribution >= 0.6 is 22.9 Å². The Morgan fingerprint density at radius 2 is 1.80 bits per heavy atom. The predicted molar refractivity (Wildman–Crippen MR) is 285 cm³/mol. The third kappa shape index (κ3) is 14.2. The molecule has 0 spiro atoms. The van der Waals surface area contributed by atoms with E-state index in [1.165, 1.54) is 10.4 Å². The molecular weight excluding hydrogens is 930 g/mol. The van der Waals surface area contributed by atoms with Gasteiger partial charge in [0.1, 0.15) is 33.9 Å². The zero-order valence-corrected chi connectivity index (χ0v) is 43.7. The van der Waals surface area contributed by atoms with Crippen molar-refractivity contribution in [3.63, 3.8) is 0 Å². The Bertz CT molecular complexity index is 2440. The molecule has 0 bridgehead atoms. The largest absolute Gasteiger partial charge is 0.496 e. The normalized spacial score (nSPS) is 18.6. The lowest BCUT2D eigenvalue weighted by molar-refractivity contribution is -0.121. The van der Waals surface area contributed by atoms with Crippen molar-refractivity contribution in [1.82, 2.24) is 15.0 Å². The summed E-state index contributed by atoms with van der Waals surface area (Å²) in [5, 5.41) is 9.44. The third-order valence-electron chi connectivity index (χ3n) is 12.3. The van der Waals surface area contributed by atoms with Crippen molar-refractivity contribution in [2.24, 2.45) is 15.1 Å². The summed E-state index contributed by atoms with van der Waals surface area (Å²) in [5.74, 6) is 1.31. The Labute approximate surface area is 421 Å². The molecule has 4 heterocycles. The number of hydrazone groups is 1. The summed E-state index contributed by atoms with van der Waals surface area (Å²) in [5.41, 5.74) is 11.1. The number of piperidine rings is 1. The maximum atomic E-state index is 14.2. The molecule has 3 aromatic rings. The number of thiophene rings is 1. The first kappa shape index (κ1) is 53.6. The average Bonchev–Trinajstić information content (AvgIpc) is 3.83. The van der Waals surface area contributed by atoms with Crippen LogP contribution in [0.5, 0.6) is 5.75 Å². The van der Waals surface area contributed by atoms with E-state index in [1.54, 1.807) is 25.5 Å². The predicted octanol–water partition coefficient (Wildman–Crippen LogP) is 9.78. The van der Waals surface area contributed by atoms with Crippen LogP contribution in [0.15, 0.2) is 104 Å². The molecule has 2 unspecified atom stereocenters. The molecule has 1 aromatic heterocycles. The second-order valence-corrected chi connectivity index (χ2v) is 20.3. The number of nitrogens with one attached hydrogen (secondary N) is 2. The minimum atomic E-state index is -1.40. The van der Waals surface area contributed by atoms with Crippen molar-refractivity contribution in [2.75, 3.05) is 71.7 Å². The van der Waals surface area contributed by atoms with Crippen molar-refractivity contribution in [3.05, 3.63) is 117 Å². The number of nitrogens with zero attached hydrogens (tertiary/aromatic N) is 5. The number of amidine groups is 1. The molecule has 13 nitrogen and oxygen atoms in total. The lowest BCUT2D eigenvalue weighted by Gasteiger charge is -2.31. The van der Waals surface area contributed by atoms with Gasteiger partial charge < -0.3 is 24.3 Å². The van der Waals surface area contributed by atoms with E-state index in [2.05, 4.69) is 66.1 Å². The van der Waals surface area contributed by atoms with Crippen LogP contribution in [-0.2, 0) is 30.0 Å². The Morgan fingerprint density at radius 1 is 1.06 bits per heavy atom. The van der Waals surface area contributed by atoms with Crippen LogP contribution < -0.4 is 20.4 Å². The van der Waals surface area contributed by atoms with Gasteiger partial charge in [-0.1, -0.05) is 54.1 Å². The van der Waals surface area contributed by atoms with E-state index in [0.29, 0.717) is 69.9 Å². The average molecular weight is 1000 g/mol. The van der Waals surface area contributed by atoms with Gasteiger partial charge in [-0.2, -0.15) is 5.10 Å². The molecule has 1 saturated heterocycles. The summed E-state index contributed by atoms with van der Waals surface area (Å²) in [7, 11) is 2.02. The maximum absolute atomic E-state index is 14.2. The molecule has 3 atom stereocenters. The minimum absolute atomic E-state index is 0.0681. The standard InChI is InChI=1S/C53H70ClN7O6S2/c1-9-15-41(33-36(3)42(16-10-2)35-55-7)50-46(64-8)17-14-18-47(50)69(63)60-26-23-44(24-27-60)67-32-31-66-29-13-11-12-28-65-30-25-56-48(62)34-45-52-59-58-39(6)61(52)53-49(37(4)38(5)68-53)51(57-45)40-19-21-43(54)22-20-40/h9-10,14-15,17-22,33,35,39,44-45,58H,2,11-13,16,23-32,34H2,1,3-8H3,(H,56,62)/b15-9-,41-33+,42-36+,55-35?/t39?,45-,69?/m0/s1. The van der Waals surface area contributed by atoms with Gasteiger partial charge in [0.25, 0.3) is 0 Å². The van der Waals surface area contributed by atoms with Gasteiger partial charge in [-0.3, -0.25) is 25.1 Å². The van der Waals surface area contributed by atoms with Gasteiger partial charge in [-0.05, 0) is 120 Å². The maximum Gasteiger partial charge on any atom is 0.222 e. The quantitative estimate of drug-likeness (QED) is 0.0371. The first-order valence-electron chi connectivity index (χ1n) is 24.0. The number of aryl methyl sites for hydroxylation is 1. The number of carbonyl (C=O) groups is 1. The Kier molecular flexibility index (Phi) is 21.0. The van der Waals surface area contributed by atoms with Crippen LogP contribution in [0.2, 0.25) is 5.02 Å². The van der Waals surface area contributed by atoms with E-state index in [4.69, 9.17) is 35.5 Å². The van der Waals surface area contributed by atoms with Crippen LogP contribution in [0.4, 0.5) is 5.00 Å². The number of hydrogen-bond acceptors (Lipinski definition) is 12. The summed E-state index contributed by atoms with van der Waals surface area (Å²) < 4.78 is 40.0. The number of amides is 1. The number of aliphatic imine (C=N–C) groups is 2. The molecule has 16 heteroatoms. The first-order valence-corrected chi connectivity index (χ1v) is 26.3. The van der Waals surface area contributed by atoms with Gasteiger partial charge in [-0.25, -0.2) is 8.51 Å². The van der Waals surface area contributed by atoms with Gasteiger partial charge in [0.15, 0.2) is 5.84 Å². The number of halogens is 1. The molecule has 3 aliphatic heterocycles. The van der Waals surface area contributed by atoms with E-state index in [0.717, 1.165) is 87.0 Å². The number of benzene rings is 2. The van der Waals surface area contributed by atoms with Crippen LogP contribution in [0.1, 0.15) is 92.8 Å². The molecule has 6 rings (SSSR count). The molecule has 69 heavy (non-hydrogen) atoms. The van der Waals surface area contributed by atoms with E-state index in [1.807, 2.05) is 78.1 Å². The second-order valence-electron chi connectivity index (χ2n) is 17.2. The zero-order chi connectivity index (χ0) is 49.3. The molecule has 2 aromatic carbocycles. The van der Waals surface area contributed by atoms with Gasteiger partial charge >= 0.3 is 0 Å². The smallest absolute Gasteiger partial charge is 0.222 e.